The van der Waals surface area contributed by atoms with Crippen LogP contribution in [0.15, 0.2) is 68.9 Å². The van der Waals surface area contributed by atoms with Crippen LogP contribution in [0, 0.1) is 11.3 Å². The van der Waals surface area contributed by atoms with Gasteiger partial charge in [0.1, 0.15) is 11.0 Å². The lowest BCUT2D eigenvalue weighted by Crippen LogP contribution is -2.03. The second-order valence-corrected chi connectivity index (χ2v) is 6.83. The van der Waals surface area contributed by atoms with Gasteiger partial charge in [-0.1, -0.05) is 46.3 Å². The molecule has 0 aliphatic heterocycles. The third-order valence-electron chi connectivity index (χ3n) is 2.60. The van der Waals surface area contributed by atoms with Crippen LogP contribution in [0.4, 0.5) is 0 Å². The third kappa shape index (κ3) is 3.16. The van der Waals surface area contributed by atoms with E-state index >= 15 is 0 Å². The Bertz CT molecular complexity index is 790. The van der Waals surface area contributed by atoms with Gasteiger partial charge in [-0.05, 0) is 35.9 Å². The number of rotatable bonds is 3. The topological polar surface area (TPSA) is 57.9 Å². The Hall–Kier alpha value is -1.90. The number of allylic oxidation sites excluding steroid dienone is 1. The zero-order chi connectivity index (χ0) is 14.6. The van der Waals surface area contributed by atoms with Crippen molar-refractivity contribution in [3.8, 4) is 6.07 Å². The smallest absolute Gasteiger partial charge is 0.216 e. The normalized spacial score (nSPS) is 11.9. The Morgan fingerprint density at radius 3 is 2.40 bits per heavy atom. The molecule has 20 heavy (non-hydrogen) atoms. The molecule has 0 atom stereocenters. The van der Waals surface area contributed by atoms with Crippen LogP contribution in [0.5, 0.6) is 0 Å². The summed E-state index contributed by atoms with van der Waals surface area (Å²) in [6.45, 7) is 0. The minimum absolute atomic E-state index is 0.114. The van der Waals surface area contributed by atoms with Gasteiger partial charge >= 0.3 is 0 Å². The summed E-state index contributed by atoms with van der Waals surface area (Å²) in [5, 5.41) is 9.14. The van der Waals surface area contributed by atoms with E-state index in [4.69, 9.17) is 5.26 Å². The van der Waals surface area contributed by atoms with Gasteiger partial charge < -0.3 is 0 Å². The van der Waals surface area contributed by atoms with Crippen LogP contribution in [0.2, 0.25) is 0 Å². The van der Waals surface area contributed by atoms with Gasteiger partial charge in [-0.3, -0.25) is 0 Å². The molecule has 0 aromatic heterocycles. The predicted octanol–water partition coefficient (Wildman–Crippen LogP) is 3.79. The number of sulfone groups is 1. The minimum Gasteiger partial charge on any atom is -0.218 e. The summed E-state index contributed by atoms with van der Waals surface area (Å²) < 4.78 is 25.5. The maximum atomic E-state index is 12.4. The monoisotopic (exact) mass is 347 g/mol. The SMILES string of the molecule is N#C/C(=C\c1cccc(Br)c1)S(=O)(=O)c1ccccc1. The molecule has 0 bridgehead atoms. The van der Waals surface area contributed by atoms with Gasteiger partial charge in [-0.2, -0.15) is 5.26 Å². The van der Waals surface area contributed by atoms with Crippen molar-refractivity contribution in [3.63, 3.8) is 0 Å². The quantitative estimate of drug-likeness (QED) is 0.793. The fourth-order valence-corrected chi connectivity index (χ4v) is 3.24. The molecule has 3 nitrogen and oxygen atoms in total. The molecule has 0 amide bonds. The highest BCUT2D eigenvalue weighted by Crippen LogP contribution is 2.22. The van der Waals surface area contributed by atoms with Crippen molar-refractivity contribution in [2.24, 2.45) is 0 Å². The summed E-state index contributed by atoms with van der Waals surface area (Å²) in [6.07, 6.45) is 1.37. The van der Waals surface area contributed by atoms with Crippen LogP contribution in [0.25, 0.3) is 6.08 Å². The summed E-state index contributed by atoms with van der Waals surface area (Å²) in [4.78, 5) is -0.162. The summed E-state index contributed by atoms with van der Waals surface area (Å²) in [7, 11) is -3.78. The summed E-state index contributed by atoms with van der Waals surface area (Å²) in [5.74, 6) is 0. The van der Waals surface area contributed by atoms with E-state index in [1.54, 1.807) is 42.5 Å². The molecular weight excluding hydrogens is 338 g/mol. The number of hydrogen-bond donors (Lipinski definition) is 0. The van der Waals surface area contributed by atoms with E-state index in [0.717, 1.165) is 4.47 Å². The van der Waals surface area contributed by atoms with E-state index in [1.165, 1.54) is 18.2 Å². The van der Waals surface area contributed by atoms with E-state index in [0.29, 0.717) is 5.56 Å². The largest absolute Gasteiger partial charge is 0.218 e. The molecule has 0 heterocycles. The van der Waals surface area contributed by atoms with Gasteiger partial charge in [0.25, 0.3) is 0 Å². The van der Waals surface area contributed by atoms with E-state index in [2.05, 4.69) is 15.9 Å². The first-order valence-corrected chi connectivity index (χ1v) is 7.99. The first-order chi connectivity index (χ1) is 9.54. The second-order valence-electron chi connectivity index (χ2n) is 3.99. The lowest BCUT2D eigenvalue weighted by molar-refractivity contribution is 0.603. The highest BCUT2D eigenvalue weighted by Gasteiger charge is 2.20. The van der Waals surface area contributed by atoms with Gasteiger partial charge in [0.05, 0.1) is 4.90 Å². The van der Waals surface area contributed by atoms with Gasteiger partial charge in [-0.25, -0.2) is 8.42 Å². The summed E-state index contributed by atoms with van der Waals surface area (Å²) >= 11 is 3.31. The molecule has 0 unspecified atom stereocenters. The molecule has 2 aromatic carbocycles. The fourth-order valence-electron chi connectivity index (χ4n) is 1.64. The highest BCUT2D eigenvalue weighted by atomic mass is 79.9. The molecule has 2 aromatic rings. The Labute approximate surface area is 126 Å². The second kappa shape index (κ2) is 6.04. The number of halogens is 1. The predicted molar refractivity (Wildman–Crippen MR) is 81.4 cm³/mol. The summed E-state index contributed by atoms with van der Waals surface area (Å²) in [5.41, 5.74) is 0.649. The molecule has 0 fully saturated rings. The molecule has 0 saturated heterocycles. The highest BCUT2D eigenvalue weighted by molar-refractivity contribution is 9.10. The minimum atomic E-state index is -3.78. The molecular formula is C15H10BrNO2S. The molecule has 0 aliphatic rings. The molecule has 0 saturated carbocycles. The fraction of sp³-hybridized carbons (Fsp3) is 0. The molecule has 0 aliphatic carbocycles. The van der Waals surface area contributed by atoms with Crippen molar-refractivity contribution >= 4 is 31.8 Å². The van der Waals surface area contributed by atoms with Gasteiger partial charge in [0.15, 0.2) is 0 Å². The van der Waals surface area contributed by atoms with Crippen LogP contribution >= 0.6 is 15.9 Å². The molecule has 2 rings (SSSR count). The molecule has 0 N–H and O–H groups in total. The number of nitrogens with zero attached hydrogens (tertiary/aromatic N) is 1. The lowest BCUT2D eigenvalue weighted by atomic mass is 10.2. The van der Waals surface area contributed by atoms with Gasteiger partial charge in [0, 0.05) is 4.47 Å². The van der Waals surface area contributed by atoms with Crippen molar-refractivity contribution in [2.45, 2.75) is 4.90 Å². The Morgan fingerprint density at radius 1 is 1.10 bits per heavy atom. The molecule has 5 heteroatoms. The zero-order valence-electron chi connectivity index (χ0n) is 10.3. The van der Waals surface area contributed by atoms with E-state index in [9.17, 15) is 8.42 Å². The van der Waals surface area contributed by atoms with E-state index < -0.39 is 9.84 Å². The zero-order valence-corrected chi connectivity index (χ0v) is 12.7. The van der Waals surface area contributed by atoms with Crippen molar-refractivity contribution < 1.29 is 8.42 Å². The maximum absolute atomic E-state index is 12.4. The number of hydrogen-bond acceptors (Lipinski definition) is 3. The van der Waals surface area contributed by atoms with Crippen LogP contribution < -0.4 is 0 Å². The Morgan fingerprint density at radius 2 is 1.80 bits per heavy atom. The van der Waals surface area contributed by atoms with Crippen LogP contribution in [-0.2, 0) is 9.84 Å². The molecule has 0 spiro atoms. The average Bonchev–Trinajstić information content (AvgIpc) is 2.45. The Kier molecular flexibility index (Phi) is 4.38. The first kappa shape index (κ1) is 14.5. The number of nitriles is 1. The summed E-state index contributed by atoms with van der Waals surface area (Å²) in [6, 6.07) is 16.8. The maximum Gasteiger partial charge on any atom is 0.216 e. The van der Waals surface area contributed by atoms with Crippen molar-refractivity contribution in [3.05, 3.63) is 69.5 Å². The van der Waals surface area contributed by atoms with Gasteiger partial charge in [-0.15, -0.1) is 0 Å². The third-order valence-corrected chi connectivity index (χ3v) is 4.77. The van der Waals surface area contributed by atoms with Crippen LogP contribution in [0.1, 0.15) is 5.56 Å². The van der Waals surface area contributed by atoms with Crippen molar-refractivity contribution in [1.29, 1.82) is 5.26 Å². The van der Waals surface area contributed by atoms with E-state index in [1.807, 2.05) is 6.07 Å². The lowest BCUT2D eigenvalue weighted by Gasteiger charge is -2.03. The standard InChI is InChI=1S/C15H10BrNO2S/c16-13-6-4-5-12(9-13)10-15(11-17)20(18,19)14-7-2-1-3-8-14/h1-10H/b15-10+. The number of benzene rings is 2. The molecule has 100 valence electrons. The van der Waals surface area contributed by atoms with Crippen LogP contribution in [-0.4, -0.2) is 8.42 Å². The van der Waals surface area contributed by atoms with Crippen molar-refractivity contribution in [2.75, 3.05) is 0 Å². The van der Waals surface area contributed by atoms with Crippen LogP contribution in [0.3, 0.4) is 0 Å². The Balaban J connectivity index is 2.51. The van der Waals surface area contributed by atoms with E-state index in [-0.39, 0.29) is 9.80 Å². The average molecular weight is 348 g/mol. The van der Waals surface area contributed by atoms with Gasteiger partial charge in [0.2, 0.25) is 9.84 Å². The first-order valence-electron chi connectivity index (χ1n) is 5.71. The van der Waals surface area contributed by atoms with Crippen molar-refractivity contribution in [1.82, 2.24) is 0 Å². The molecule has 0 radical (unpaired) electrons.